The molecule has 0 aromatic rings. The minimum atomic E-state index is -0.297. The molecule has 0 heterocycles. The molecule has 15 heavy (non-hydrogen) atoms. The molecule has 1 unspecified atom stereocenters. The van der Waals surface area contributed by atoms with Gasteiger partial charge in [0.2, 0.25) is 5.91 Å². The summed E-state index contributed by atoms with van der Waals surface area (Å²) in [4.78, 5) is 11.4. The fourth-order valence-corrected chi connectivity index (χ4v) is 1.72. The number of carbonyl (C=O) groups is 1. The largest absolute Gasteiger partial charge is 0.393 e. The van der Waals surface area contributed by atoms with Gasteiger partial charge in [0.05, 0.1) is 6.10 Å². The maximum absolute atomic E-state index is 11.4. The Hall–Kier alpha value is -0.570. The Balaban J connectivity index is 2.01. The van der Waals surface area contributed by atoms with Crippen LogP contribution in [-0.4, -0.2) is 23.7 Å². The molecule has 0 aliphatic heterocycles. The van der Waals surface area contributed by atoms with Crippen LogP contribution in [0.25, 0.3) is 0 Å². The summed E-state index contributed by atoms with van der Waals surface area (Å²) in [6.45, 7) is 4.58. The van der Waals surface area contributed by atoms with Crippen molar-refractivity contribution in [3.8, 4) is 0 Å². The van der Waals surface area contributed by atoms with Crippen LogP contribution in [-0.2, 0) is 4.79 Å². The van der Waals surface area contributed by atoms with Crippen LogP contribution in [0.4, 0.5) is 0 Å². The van der Waals surface area contributed by atoms with Crippen LogP contribution in [0.2, 0.25) is 0 Å². The average Bonchev–Trinajstić information content (AvgIpc) is 2.11. The predicted molar refractivity (Wildman–Crippen MR) is 60.4 cm³/mol. The lowest BCUT2D eigenvalue weighted by atomic mass is 9.83. The van der Waals surface area contributed by atoms with Crippen molar-refractivity contribution in [2.24, 2.45) is 11.8 Å². The third-order valence-electron chi connectivity index (χ3n) is 3.23. The number of aliphatic hydroxyl groups is 1. The van der Waals surface area contributed by atoms with Gasteiger partial charge in [-0.25, -0.2) is 0 Å². The van der Waals surface area contributed by atoms with Gasteiger partial charge < -0.3 is 10.4 Å². The number of rotatable bonds is 6. The summed E-state index contributed by atoms with van der Waals surface area (Å²) in [6, 6.07) is 0. The highest BCUT2D eigenvalue weighted by atomic mass is 16.3. The molecule has 0 spiro atoms. The van der Waals surface area contributed by atoms with Crippen molar-refractivity contribution >= 4 is 5.91 Å². The summed E-state index contributed by atoms with van der Waals surface area (Å²) in [5.41, 5.74) is 0. The second-order valence-electron chi connectivity index (χ2n) is 4.95. The van der Waals surface area contributed by atoms with E-state index >= 15 is 0 Å². The minimum Gasteiger partial charge on any atom is -0.393 e. The van der Waals surface area contributed by atoms with Gasteiger partial charge in [0.1, 0.15) is 0 Å². The van der Waals surface area contributed by atoms with Crippen LogP contribution < -0.4 is 5.32 Å². The molecule has 1 fully saturated rings. The Bertz CT molecular complexity index is 200. The molecule has 1 aliphatic rings. The van der Waals surface area contributed by atoms with E-state index in [-0.39, 0.29) is 17.9 Å². The van der Waals surface area contributed by atoms with Gasteiger partial charge in [-0.15, -0.1) is 0 Å². The Morgan fingerprint density at radius 2 is 2.13 bits per heavy atom. The maximum atomic E-state index is 11.4. The van der Waals surface area contributed by atoms with Crippen molar-refractivity contribution in [2.45, 2.75) is 52.1 Å². The van der Waals surface area contributed by atoms with Crippen molar-refractivity contribution in [1.82, 2.24) is 5.32 Å². The van der Waals surface area contributed by atoms with Gasteiger partial charge in [-0.2, -0.15) is 0 Å². The van der Waals surface area contributed by atoms with E-state index in [0.29, 0.717) is 25.3 Å². The van der Waals surface area contributed by atoms with Crippen LogP contribution in [0.3, 0.4) is 0 Å². The van der Waals surface area contributed by atoms with Crippen LogP contribution in [0.15, 0.2) is 0 Å². The number of nitrogens with one attached hydrogen (secondary N) is 1. The van der Waals surface area contributed by atoms with Crippen LogP contribution in [0.1, 0.15) is 46.0 Å². The topological polar surface area (TPSA) is 49.3 Å². The van der Waals surface area contributed by atoms with Crippen LogP contribution >= 0.6 is 0 Å². The van der Waals surface area contributed by atoms with Crippen LogP contribution in [0, 0.1) is 11.8 Å². The third kappa shape index (κ3) is 4.65. The molecular weight excluding hydrogens is 190 g/mol. The smallest absolute Gasteiger partial charge is 0.220 e. The number of hydrogen-bond acceptors (Lipinski definition) is 2. The zero-order valence-corrected chi connectivity index (χ0v) is 9.83. The fraction of sp³-hybridized carbons (Fsp3) is 0.917. The number of amides is 1. The maximum Gasteiger partial charge on any atom is 0.220 e. The SMILES string of the molecule is CC(C)C(O)CCNC(=O)CC1CCC1. The lowest BCUT2D eigenvalue weighted by molar-refractivity contribution is -0.122. The molecule has 1 aliphatic carbocycles. The lowest BCUT2D eigenvalue weighted by Gasteiger charge is -2.24. The van der Waals surface area contributed by atoms with Gasteiger partial charge in [-0.05, 0) is 31.1 Å². The summed E-state index contributed by atoms with van der Waals surface area (Å²) in [5, 5.41) is 12.4. The molecule has 0 radical (unpaired) electrons. The Morgan fingerprint density at radius 3 is 2.60 bits per heavy atom. The highest BCUT2D eigenvalue weighted by Crippen LogP contribution is 2.28. The highest BCUT2D eigenvalue weighted by Gasteiger charge is 2.20. The van der Waals surface area contributed by atoms with E-state index in [4.69, 9.17) is 0 Å². The van der Waals surface area contributed by atoms with Gasteiger partial charge in [0.15, 0.2) is 0 Å². The van der Waals surface area contributed by atoms with Gasteiger partial charge >= 0.3 is 0 Å². The molecule has 0 bridgehead atoms. The standard InChI is InChI=1S/C12H23NO2/c1-9(2)11(14)6-7-13-12(15)8-10-4-3-5-10/h9-11,14H,3-8H2,1-2H3,(H,13,15). The lowest BCUT2D eigenvalue weighted by Crippen LogP contribution is -2.31. The minimum absolute atomic E-state index is 0.149. The molecule has 0 saturated heterocycles. The summed E-state index contributed by atoms with van der Waals surface area (Å²) in [5.74, 6) is 1.05. The predicted octanol–water partition coefficient (Wildman–Crippen LogP) is 1.70. The zero-order chi connectivity index (χ0) is 11.3. The third-order valence-corrected chi connectivity index (χ3v) is 3.23. The second-order valence-corrected chi connectivity index (χ2v) is 4.95. The molecule has 2 N–H and O–H groups in total. The zero-order valence-electron chi connectivity index (χ0n) is 9.83. The first-order chi connectivity index (χ1) is 7.09. The van der Waals surface area contributed by atoms with Gasteiger partial charge in [0, 0.05) is 13.0 Å². The van der Waals surface area contributed by atoms with E-state index in [2.05, 4.69) is 5.32 Å². The van der Waals surface area contributed by atoms with Crippen molar-refractivity contribution in [2.75, 3.05) is 6.54 Å². The monoisotopic (exact) mass is 213 g/mol. The first-order valence-corrected chi connectivity index (χ1v) is 6.04. The second kappa shape index (κ2) is 6.11. The number of carbonyl (C=O) groups excluding carboxylic acids is 1. The molecule has 1 rings (SSSR count). The first-order valence-electron chi connectivity index (χ1n) is 6.04. The molecule has 88 valence electrons. The molecule has 1 amide bonds. The molecule has 3 nitrogen and oxygen atoms in total. The van der Waals surface area contributed by atoms with E-state index in [9.17, 15) is 9.90 Å². The summed E-state index contributed by atoms with van der Waals surface area (Å²) in [7, 11) is 0. The molecule has 0 aromatic carbocycles. The van der Waals surface area contributed by atoms with Gasteiger partial charge in [0.25, 0.3) is 0 Å². The van der Waals surface area contributed by atoms with Crippen molar-refractivity contribution in [3.63, 3.8) is 0 Å². The van der Waals surface area contributed by atoms with Crippen LogP contribution in [0.5, 0.6) is 0 Å². The van der Waals surface area contributed by atoms with E-state index in [1.807, 2.05) is 13.8 Å². The number of hydrogen-bond donors (Lipinski definition) is 2. The van der Waals surface area contributed by atoms with Crippen molar-refractivity contribution in [1.29, 1.82) is 0 Å². The highest BCUT2D eigenvalue weighted by molar-refractivity contribution is 5.76. The van der Waals surface area contributed by atoms with E-state index in [1.54, 1.807) is 0 Å². The molecular formula is C12H23NO2. The Kier molecular flexibility index (Phi) is 5.09. The summed E-state index contributed by atoms with van der Waals surface area (Å²) >= 11 is 0. The Morgan fingerprint density at radius 1 is 1.47 bits per heavy atom. The molecule has 3 heteroatoms. The van der Waals surface area contributed by atoms with E-state index < -0.39 is 0 Å². The number of aliphatic hydroxyl groups excluding tert-OH is 1. The van der Waals surface area contributed by atoms with Gasteiger partial charge in [-0.3, -0.25) is 4.79 Å². The van der Waals surface area contributed by atoms with Crippen molar-refractivity contribution in [3.05, 3.63) is 0 Å². The summed E-state index contributed by atoms with van der Waals surface area (Å²) < 4.78 is 0. The first kappa shape index (κ1) is 12.5. The molecule has 1 saturated carbocycles. The molecule has 0 aromatic heterocycles. The van der Waals surface area contributed by atoms with Crippen molar-refractivity contribution < 1.29 is 9.90 Å². The average molecular weight is 213 g/mol. The van der Waals surface area contributed by atoms with E-state index in [1.165, 1.54) is 19.3 Å². The quantitative estimate of drug-likeness (QED) is 0.705. The summed E-state index contributed by atoms with van der Waals surface area (Å²) in [6.07, 6.45) is 4.74. The fourth-order valence-electron chi connectivity index (χ4n) is 1.72. The Labute approximate surface area is 92.3 Å². The normalized spacial score (nSPS) is 18.7. The van der Waals surface area contributed by atoms with E-state index in [0.717, 1.165) is 0 Å². The van der Waals surface area contributed by atoms with Gasteiger partial charge in [-0.1, -0.05) is 20.3 Å². The molecule has 1 atom stereocenters.